The lowest BCUT2D eigenvalue weighted by Crippen LogP contribution is -2.29. The summed E-state index contributed by atoms with van der Waals surface area (Å²) < 4.78 is 36.5. The van der Waals surface area contributed by atoms with Gasteiger partial charge in [0.1, 0.15) is 4.21 Å². The zero-order valence-electron chi connectivity index (χ0n) is 11.0. The third-order valence-electron chi connectivity index (χ3n) is 3.20. The first-order valence-electron chi connectivity index (χ1n) is 5.77. The number of thiophene rings is 1. The van der Waals surface area contributed by atoms with Gasteiger partial charge in [-0.2, -0.15) is 4.31 Å². The molecular weight excluding hydrogens is 306 g/mol. The molecule has 2 unspecified atom stereocenters. The number of hydrogen-bond donors (Lipinski definition) is 1. The highest BCUT2D eigenvalue weighted by Gasteiger charge is 2.40. The van der Waals surface area contributed by atoms with Crippen molar-refractivity contribution in [2.24, 2.45) is 0 Å². The summed E-state index contributed by atoms with van der Waals surface area (Å²) in [6.45, 7) is 0.384. The fraction of sp³-hybridized carbons (Fsp3) is 0.545. The summed E-state index contributed by atoms with van der Waals surface area (Å²) in [5, 5.41) is 10.2. The van der Waals surface area contributed by atoms with Gasteiger partial charge in [-0.1, -0.05) is 0 Å². The monoisotopic (exact) mass is 321 g/mol. The summed E-state index contributed by atoms with van der Waals surface area (Å²) in [6, 6.07) is 1.17. The first-order chi connectivity index (χ1) is 9.40. The van der Waals surface area contributed by atoms with Crippen molar-refractivity contribution in [3.8, 4) is 0 Å². The van der Waals surface area contributed by atoms with Crippen LogP contribution in [-0.4, -0.2) is 63.3 Å². The van der Waals surface area contributed by atoms with Crippen LogP contribution < -0.4 is 0 Å². The van der Waals surface area contributed by atoms with Crippen molar-refractivity contribution in [2.75, 3.05) is 27.3 Å². The van der Waals surface area contributed by atoms with E-state index in [2.05, 4.69) is 0 Å². The van der Waals surface area contributed by atoms with E-state index in [-0.39, 0.29) is 35.1 Å². The molecule has 1 aromatic heterocycles. The average molecular weight is 321 g/mol. The van der Waals surface area contributed by atoms with Crippen LogP contribution in [0.15, 0.2) is 15.7 Å². The van der Waals surface area contributed by atoms with Gasteiger partial charge in [0, 0.05) is 32.7 Å². The van der Waals surface area contributed by atoms with Crippen LogP contribution >= 0.6 is 11.3 Å². The Kier molecular flexibility index (Phi) is 4.45. The van der Waals surface area contributed by atoms with Crippen LogP contribution in [-0.2, 0) is 19.5 Å². The molecule has 0 aliphatic carbocycles. The van der Waals surface area contributed by atoms with Crippen LogP contribution in [0, 0.1) is 0 Å². The lowest BCUT2D eigenvalue weighted by Gasteiger charge is -2.14. The number of nitrogens with zero attached hydrogens (tertiary/aromatic N) is 1. The zero-order valence-corrected chi connectivity index (χ0v) is 12.6. The number of sulfonamides is 1. The molecule has 20 heavy (non-hydrogen) atoms. The van der Waals surface area contributed by atoms with Gasteiger partial charge in [0.05, 0.1) is 17.8 Å². The molecule has 2 heterocycles. The minimum Gasteiger partial charge on any atom is -0.478 e. The van der Waals surface area contributed by atoms with E-state index in [1.54, 1.807) is 0 Å². The van der Waals surface area contributed by atoms with Gasteiger partial charge >= 0.3 is 5.97 Å². The Balaban J connectivity index is 2.24. The predicted molar refractivity (Wildman–Crippen MR) is 71.6 cm³/mol. The SMILES string of the molecule is COC1CN(S(=O)(=O)c2cc(C(=O)O)cs2)CC1OC. The third kappa shape index (κ3) is 2.72. The molecule has 0 spiro atoms. The molecular formula is C11H15NO6S2. The quantitative estimate of drug-likeness (QED) is 0.848. The second kappa shape index (κ2) is 5.78. The molecule has 2 rings (SSSR count). The molecule has 1 aliphatic rings. The minimum absolute atomic E-state index is 0.0153. The van der Waals surface area contributed by atoms with E-state index < -0.39 is 16.0 Å². The molecule has 7 nitrogen and oxygen atoms in total. The van der Waals surface area contributed by atoms with Gasteiger partial charge in [-0.05, 0) is 6.07 Å². The molecule has 112 valence electrons. The second-order valence-corrected chi connectivity index (χ2v) is 7.41. The van der Waals surface area contributed by atoms with Crippen LogP contribution in [0.25, 0.3) is 0 Å². The predicted octanol–water partition coefficient (Wildman–Crippen LogP) is 0.481. The van der Waals surface area contributed by atoms with Gasteiger partial charge < -0.3 is 14.6 Å². The smallest absolute Gasteiger partial charge is 0.336 e. The Bertz CT molecular complexity index is 584. The topological polar surface area (TPSA) is 93.1 Å². The molecule has 0 radical (unpaired) electrons. The summed E-state index contributed by atoms with van der Waals surface area (Å²) in [6.07, 6.45) is -0.651. The number of carbonyl (C=O) groups is 1. The molecule has 9 heteroatoms. The van der Waals surface area contributed by atoms with E-state index in [9.17, 15) is 13.2 Å². The summed E-state index contributed by atoms with van der Waals surface area (Å²) in [5.41, 5.74) is -0.0284. The number of carboxylic acids is 1. The van der Waals surface area contributed by atoms with Gasteiger partial charge in [-0.25, -0.2) is 13.2 Å². The Morgan fingerprint density at radius 3 is 2.30 bits per heavy atom. The highest BCUT2D eigenvalue weighted by molar-refractivity contribution is 7.91. The first-order valence-corrected chi connectivity index (χ1v) is 8.09. The standard InChI is InChI=1S/C11H15NO6S2/c1-17-8-4-12(5-9(8)18-2)20(15,16)10-3-7(6-19-10)11(13)14/h3,6,8-9H,4-5H2,1-2H3,(H,13,14). The van der Waals surface area contributed by atoms with Crippen molar-refractivity contribution in [2.45, 2.75) is 16.4 Å². The number of hydrogen-bond acceptors (Lipinski definition) is 6. The zero-order chi connectivity index (χ0) is 14.9. The van der Waals surface area contributed by atoms with Crippen molar-refractivity contribution in [3.63, 3.8) is 0 Å². The van der Waals surface area contributed by atoms with Gasteiger partial charge in [0.25, 0.3) is 10.0 Å². The molecule has 1 fully saturated rings. The average Bonchev–Trinajstić information content (AvgIpc) is 3.05. The van der Waals surface area contributed by atoms with Crippen molar-refractivity contribution in [1.82, 2.24) is 4.31 Å². The highest BCUT2D eigenvalue weighted by atomic mass is 32.2. The molecule has 1 N–H and O–H groups in total. The maximum atomic E-state index is 12.4. The van der Waals surface area contributed by atoms with Crippen LogP contribution in [0.1, 0.15) is 10.4 Å². The van der Waals surface area contributed by atoms with Crippen LogP contribution in [0.3, 0.4) is 0 Å². The molecule has 0 saturated carbocycles. The molecule has 1 aliphatic heterocycles. The number of rotatable bonds is 5. The third-order valence-corrected chi connectivity index (χ3v) is 6.45. The van der Waals surface area contributed by atoms with Crippen molar-refractivity contribution in [1.29, 1.82) is 0 Å². The van der Waals surface area contributed by atoms with E-state index in [4.69, 9.17) is 14.6 Å². The maximum Gasteiger partial charge on any atom is 0.336 e. The number of methoxy groups -OCH3 is 2. The van der Waals surface area contributed by atoms with E-state index in [0.717, 1.165) is 11.3 Å². The van der Waals surface area contributed by atoms with Gasteiger partial charge in [0.2, 0.25) is 0 Å². The summed E-state index contributed by atoms with van der Waals surface area (Å²) in [4.78, 5) is 10.8. The fourth-order valence-electron chi connectivity index (χ4n) is 2.05. The van der Waals surface area contributed by atoms with Gasteiger partial charge in [-0.15, -0.1) is 11.3 Å². The molecule has 0 amide bonds. The van der Waals surface area contributed by atoms with E-state index in [1.165, 1.54) is 30.0 Å². The Morgan fingerprint density at radius 2 is 1.90 bits per heavy atom. The number of carboxylic acid groups (broad SMARTS) is 1. The lowest BCUT2D eigenvalue weighted by atomic mass is 10.3. The molecule has 0 bridgehead atoms. The van der Waals surface area contributed by atoms with Crippen LogP contribution in [0.2, 0.25) is 0 Å². The number of aromatic carboxylic acids is 1. The Hall–Kier alpha value is -1.00. The van der Waals surface area contributed by atoms with Gasteiger partial charge in [0.15, 0.2) is 0 Å². The molecule has 2 atom stereocenters. The van der Waals surface area contributed by atoms with E-state index in [1.807, 2.05) is 0 Å². The van der Waals surface area contributed by atoms with E-state index >= 15 is 0 Å². The molecule has 1 aromatic rings. The fourth-order valence-corrected chi connectivity index (χ4v) is 4.82. The van der Waals surface area contributed by atoms with Crippen molar-refractivity contribution in [3.05, 3.63) is 17.0 Å². The van der Waals surface area contributed by atoms with Crippen molar-refractivity contribution < 1.29 is 27.8 Å². The Morgan fingerprint density at radius 1 is 1.35 bits per heavy atom. The van der Waals surface area contributed by atoms with Crippen LogP contribution in [0.4, 0.5) is 0 Å². The summed E-state index contributed by atoms with van der Waals surface area (Å²) >= 11 is 0.897. The maximum absolute atomic E-state index is 12.4. The second-order valence-electron chi connectivity index (χ2n) is 4.33. The molecule has 0 aromatic carbocycles. The van der Waals surface area contributed by atoms with E-state index in [0.29, 0.717) is 0 Å². The summed E-state index contributed by atoms with van der Waals surface area (Å²) in [7, 11) is -0.708. The largest absolute Gasteiger partial charge is 0.478 e. The summed E-state index contributed by atoms with van der Waals surface area (Å²) in [5.74, 6) is -1.14. The minimum atomic E-state index is -3.71. The lowest BCUT2D eigenvalue weighted by molar-refractivity contribution is -0.00461. The normalized spacial score (nSPS) is 24.1. The Labute approximate surface area is 120 Å². The van der Waals surface area contributed by atoms with Crippen molar-refractivity contribution >= 4 is 27.3 Å². The molecule has 1 saturated heterocycles. The highest BCUT2D eigenvalue weighted by Crippen LogP contribution is 2.28. The van der Waals surface area contributed by atoms with Gasteiger partial charge in [-0.3, -0.25) is 0 Å². The van der Waals surface area contributed by atoms with Crippen LogP contribution in [0.5, 0.6) is 0 Å². The first kappa shape index (κ1) is 15.4. The number of ether oxygens (including phenoxy) is 2.